The van der Waals surface area contributed by atoms with Crippen molar-refractivity contribution in [1.82, 2.24) is 0 Å². The third kappa shape index (κ3) is 3.39. The van der Waals surface area contributed by atoms with Crippen LogP contribution in [0.4, 0.5) is 0 Å². The summed E-state index contributed by atoms with van der Waals surface area (Å²) in [6.45, 7) is 2.86. The SMILES string of the molecule is CCCCOc1ccc2c(CC3(O)c4ccccc4C(=O)c4ccccc43)cccc2c1. The minimum atomic E-state index is -1.29. The van der Waals surface area contributed by atoms with E-state index in [1.54, 1.807) is 0 Å². The Labute approximate surface area is 188 Å². The molecule has 1 aliphatic rings. The van der Waals surface area contributed by atoms with Crippen molar-refractivity contribution in [2.75, 3.05) is 6.61 Å². The molecule has 0 saturated heterocycles. The molecule has 0 heterocycles. The highest BCUT2D eigenvalue weighted by molar-refractivity contribution is 6.13. The first kappa shape index (κ1) is 20.5. The van der Waals surface area contributed by atoms with E-state index in [1.165, 1.54) is 0 Å². The molecule has 0 amide bonds. The van der Waals surface area contributed by atoms with E-state index < -0.39 is 5.60 Å². The number of fused-ring (bicyclic) bond motifs is 3. The molecular weight excluding hydrogens is 396 g/mol. The number of ether oxygens (including phenoxy) is 1. The fourth-order valence-electron chi connectivity index (χ4n) is 4.75. The Balaban J connectivity index is 1.59. The second-order valence-corrected chi connectivity index (χ2v) is 8.46. The van der Waals surface area contributed by atoms with Crippen LogP contribution in [-0.2, 0) is 12.0 Å². The molecule has 0 aromatic heterocycles. The first-order valence-electron chi connectivity index (χ1n) is 11.2. The second-order valence-electron chi connectivity index (χ2n) is 8.46. The number of ketones is 1. The standard InChI is InChI=1S/C29H26O3/c1-2-3-17-32-22-15-16-23-20(18-22)9-8-10-21(23)19-29(31)26-13-6-4-11-24(26)28(30)25-12-5-7-14-27(25)29/h4-16,18,31H,2-3,17,19H2,1H3. The molecule has 1 aliphatic carbocycles. The molecule has 3 nitrogen and oxygen atoms in total. The molecule has 0 aliphatic heterocycles. The van der Waals surface area contributed by atoms with Crippen LogP contribution in [0.2, 0.25) is 0 Å². The molecular formula is C29H26O3. The molecule has 4 aromatic carbocycles. The van der Waals surface area contributed by atoms with E-state index in [2.05, 4.69) is 31.2 Å². The van der Waals surface area contributed by atoms with E-state index >= 15 is 0 Å². The summed E-state index contributed by atoms with van der Waals surface area (Å²) >= 11 is 0. The zero-order valence-corrected chi connectivity index (χ0v) is 18.2. The maximum absolute atomic E-state index is 13.1. The lowest BCUT2D eigenvalue weighted by molar-refractivity contribution is 0.0723. The normalized spacial score (nSPS) is 14.1. The summed E-state index contributed by atoms with van der Waals surface area (Å²) in [7, 11) is 0. The molecule has 4 aromatic rings. The van der Waals surface area contributed by atoms with Crippen LogP contribution >= 0.6 is 0 Å². The summed E-state index contributed by atoms with van der Waals surface area (Å²) in [5.41, 5.74) is 2.22. The monoisotopic (exact) mass is 422 g/mol. The maximum Gasteiger partial charge on any atom is 0.193 e. The van der Waals surface area contributed by atoms with Gasteiger partial charge < -0.3 is 9.84 Å². The Hall–Kier alpha value is -3.43. The topological polar surface area (TPSA) is 46.5 Å². The molecule has 32 heavy (non-hydrogen) atoms. The molecule has 0 fully saturated rings. The van der Waals surface area contributed by atoms with Gasteiger partial charge in [0, 0.05) is 17.5 Å². The van der Waals surface area contributed by atoms with Gasteiger partial charge in [0.25, 0.3) is 0 Å². The number of carbonyl (C=O) groups is 1. The van der Waals surface area contributed by atoms with Gasteiger partial charge >= 0.3 is 0 Å². The van der Waals surface area contributed by atoms with Crippen molar-refractivity contribution in [2.24, 2.45) is 0 Å². The molecule has 0 atom stereocenters. The summed E-state index contributed by atoms with van der Waals surface area (Å²) in [6.07, 6.45) is 2.51. The van der Waals surface area contributed by atoms with E-state index in [1.807, 2.05) is 60.7 Å². The molecule has 0 unspecified atom stereocenters. The third-order valence-corrected chi connectivity index (χ3v) is 6.39. The highest BCUT2D eigenvalue weighted by atomic mass is 16.5. The Morgan fingerprint density at radius 2 is 1.53 bits per heavy atom. The summed E-state index contributed by atoms with van der Waals surface area (Å²) in [5, 5.41) is 14.3. The second kappa shape index (κ2) is 8.25. The Bertz CT molecular complexity index is 1260. The van der Waals surface area contributed by atoms with Crippen LogP contribution < -0.4 is 4.74 Å². The van der Waals surface area contributed by atoms with Gasteiger partial charge in [0.2, 0.25) is 0 Å². The van der Waals surface area contributed by atoms with Crippen LogP contribution in [0.5, 0.6) is 5.75 Å². The summed E-state index contributed by atoms with van der Waals surface area (Å²) in [6, 6.07) is 27.1. The zero-order valence-electron chi connectivity index (χ0n) is 18.2. The number of carbonyl (C=O) groups excluding carboxylic acids is 1. The molecule has 1 N–H and O–H groups in total. The fourth-order valence-corrected chi connectivity index (χ4v) is 4.75. The minimum absolute atomic E-state index is 0.0346. The summed E-state index contributed by atoms with van der Waals surface area (Å²) in [5.74, 6) is 0.827. The Kier molecular flexibility index (Phi) is 5.28. The smallest absolute Gasteiger partial charge is 0.193 e. The lowest BCUT2D eigenvalue weighted by atomic mass is 9.71. The molecule has 0 spiro atoms. The number of benzene rings is 4. The lowest BCUT2D eigenvalue weighted by Crippen LogP contribution is -2.37. The molecule has 3 heteroatoms. The van der Waals surface area contributed by atoms with Crippen molar-refractivity contribution in [3.05, 3.63) is 113 Å². The van der Waals surface area contributed by atoms with E-state index in [9.17, 15) is 9.90 Å². The number of hydrogen-bond donors (Lipinski definition) is 1. The lowest BCUT2D eigenvalue weighted by Gasteiger charge is -2.36. The number of rotatable bonds is 6. The predicted molar refractivity (Wildman–Crippen MR) is 127 cm³/mol. The highest BCUT2D eigenvalue weighted by Crippen LogP contribution is 2.43. The van der Waals surface area contributed by atoms with Crippen LogP contribution in [0.1, 0.15) is 52.4 Å². The van der Waals surface area contributed by atoms with Crippen molar-refractivity contribution < 1.29 is 14.6 Å². The molecule has 160 valence electrons. The van der Waals surface area contributed by atoms with Crippen LogP contribution in [0.25, 0.3) is 10.8 Å². The molecule has 0 saturated carbocycles. The molecule has 5 rings (SSSR count). The van der Waals surface area contributed by atoms with Gasteiger partial charge in [0.05, 0.1) is 6.61 Å². The van der Waals surface area contributed by atoms with Gasteiger partial charge in [-0.2, -0.15) is 0 Å². The molecule has 0 bridgehead atoms. The Morgan fingerprint density at radius 1 is 0.844 bits per heavy atom. The first-order chi connectivity index (χ1) is 15.6. The van der Waals surface area contributed by atoms with E-state index in [-0.39, 0.29) is 5.78 Å². The van der Waals surface area contributed by atoms with Crippen LogP contribution in [0.15, 0.2) is 84.9 Å². The van der Waals surface area contributed by atoms with Crippen LogP contribution in [0.3, 0.4) is 0 Å². The average molecular weight is 423 g/mol. The van der Waals surface area contributed by atoms with Crippen LogP contribution in [-0.4, -0.2) is 17.5 Å². The van der Waals surface area contributed by atoms with Crippen molar-refractivity contribution >= 4 is 16.6 Å². The van der Waals surface area contributed by atoms with Crippen molar-refractivity contribution in [2.45, 2.75) is 31.8 Å². The molecule has 0 radical (unpaired) electrons. The number of hydrogen-bond acceptors (Lipinski definition) is 3. The van der Waals surface area contributed by atoms with Crippen molar-refractivity contribution in [1.29, 1.82) is 0 Å². The summed E-state index contributed by atoms with van der Waals surface area (Å²) < 4.78 is 5.88. The number of unbranched alkanes of at least 4 members (excludes halogenated alkanes) is 1. The van der Waals surface area contributed by atoms with Gasteiger partial charge in [-0.25, -0.2) is 0 Å². The number of aliphatic hydroxyl groups is 1. The van der Waals surface area contributed by atoms with Crippen molar-refractivity contribution in [3.8, 4) is 5.75 Å². The van der Waals surface area contributed by atoms with Crippen LogP contribution in [0, 0.1) is 0 Å². The fraction of sp³-hybridized carbons (Fsp3) is 0.207. The van der Waals surface area contributed by atoms with E-state index in [0.717, 1.165) is 34.9 Å². The average Bonchev–Trinajstić information content (AvgIpc) is 2.83. The Morgan fingerprint density at radius 3 is 2.22 bits per heavy atom. The van der Waals surface area contributed by atoms with Gasteiger partial charge in [-0.3, -0.25) is 4.79 Å². The van der Waals surface area contributed by atoms with Gasteiger partial charge in [-0.1, -0.05) is 86.1 Å². The summed E-state index contributed by atoms with van der Waals surface area (Å²) in [4.78, 5) is 13.1. The largest absolute Gasteiger partial charge is 0.494 e. The predicted octanol–water partition coefficient (Wildman–Crippen LogP) is 6.04. The quantitative estimate of drug-likeness (QED) is 0.385. The van der Waals surface area contributed by atoms with E-state index in [4.69, 9.17) is 4.74 Å². The van der Waals surface area contributed by atoms with Gasteiger partial charge in [0.1, 0.15) is 11.4 Å². The first-order valence-corrected chi connectivity index (χ1v) is 11.2. The van der Waals surface area contributed by atoms with E-state index in [0.29, 0.717) is 35.3 Å². The highest BCUT2D eigenvalue weighted by Gasteiger charge is 2.42. The third-order valence-electron chi connectivity index (χ3n) is 6.39. The van der Waals surface area contributed by atoms with Gasteiger partial charge in [-0.05, 0) is 46.0 Å². The minimum Gasteiger partial charge on any atom is -0.494 e. The van der Waals surface area contributed by atoms with Crippen molar-refractivity contribution in [3.63, 3.8) is 0 Å². The van der Waals surface area contributed by atoms with Gasteiger partial charge in [0.15, 0.2) is 5.78 Å². The zero-order chi connectivity index (χ0) is 22.1. The van der Waals surface area contributed by atoms with Gasteiger partial charge in [-0.15, -0.1) is 0 Å². The maximum atomic E-state index is 13.1.